The summed E-state index contributed by atoms with van der Waals surface area (Å²) in [5.74, 6) is 0.877. The Morgan fingerprint density at radius 1 is 0.774 bits per heavy atom. The SMILES string of the molecule is CCCCCOc1ccc(C=CC(=O)c2ccc(-c3ccc(CCC)cc3)cc2)cc1. The van der Waals surface area contributed by atoms with Crippen LogP contribution in [-0.2, 0) is 6.42 Å². The van der Waals surface area contributed by atoms with Gasteiger partial charge < -0.3 is 4.74 Å². The van der Waals surface area contributed by atoms with Crippen molar-refractivity contribution in [2.45, 2.75) is 46.0 Å². The van der Waals surface area contributed by atoms with Crippen molar-refractivity contribution < 1.29 is 9.53 Å². The first-order valence-corrected chi connectivity index (χ1v) is 11.3. The number of hydrogen-bond donors (Lipinski definition) is 0. The molecule has 0 unspecified atom stereocenters. The van der Waals surface area contributed by atoms with Gasteiger partial charge in [-0.05, 0) is 53.3 Å². The largest absolute Gasteiger partial charge is 0.494 e. The van der Waals surface area contributed by atoms with Crippen molar-refractivity contribution in [2.24, 2.45) is 0 Å². The van der Waals surface area contributed by atoms with Gasteiger partial charge in [-0.2, -0.15) is 0 Å². The number of unbranched alkanes of at least 4 members (excludes halogenated alkanes) is 2. The van der Waals surface area contributed by atoms with Gasteiger partial charge in [0.15, 0.2) is 5.78 Å². The standard InChI is InChI=1S/C29H32O2/c1-3-5-6-22-31-28-19-10-24(11-20-28)12-21-29(30)27-17-15-26(16-18-27)25-13-8-23(7-4-2)9-14-25/h8-21H,3-7,22H2,1-2H3. The predicted molar refractivity (Wildman–Crippen MR) is 131 cm³/mol. The third-order valence-corrected chi connectivity index (χ3v) is 5.32. The fraction of sp³-hybridized carbons (Fsp3) is 0.276. The third kappa shape index (κ3) is 6.96. The molecule has 0 aliphatic heterocycles. The number of carbonyl (C=O) groups is 1. The first kappa shape index (κ1) is 22.6. The normalized spacial score (nSPS) is 11.0. The minimum atomic E-state index is 0.00439. The van der Waals surface area contributed by atoms with E-state index in [2.05, 4.69) is 38.1 Å². The van der Waals surface area contributed by atoms with Gasteiger partial charge in [-0.25, -0.2) is 0 Å². The van der Waals surface area contributed by atoms with Crippen LogP contribution in [0.2, 0.25) is 0 Å². The molecule has 0 spiro atoms. The van der Waals surface area contributed by atoms with E-state index in [0.29, 0.717) is 5.56 Å². The maximum absolute atomic E-state index is 12.5. The average molecular weight is 413 g/mol. The molecular formula is C29H32O2. The Kier molecular flexibility index (Phi) is 8.66. The summed E-state index contributed by atoms with van der Waals surface area (Å²) < 4.78 is 5.73. The van der Waals surface area contributed by atoms with E-state index in [1.807, 2.05) is 54.6 Å². The molecule has 0 saturated carbocycles. The fourth-order valence-electron chi connectivity index (χ4n) is 3.46. The van der Waals surface area contributed by atoms with Gasteiger partial charge in [0.05, 0.1) is 6.61 Å². The van der Waals surface area contributed by atoms with Gasteiger partial charge in [0.25, 0.3) is 0 Å². The molecule has 0 radical (unpaired) electrons. The highest BCUT2D eigenvalue weighted by molar-refractivity contribution is 6.07. The lowest BCUT2D eigenvalue weighted by molar-refractivity contribution is 0.104. The number of benzene rings is 3. The van der Waals surface area contributed by atoms with Crippen LogP contribution in [0.3, 0.4) is 0 Å². The molecular weight excluding hydrogens is 380 g/mol. The summed E-state index contributed by atoms with van der Waals surface area (Å²) in [6.07, 6.45) is 9.20. The highest BCUT2D eigenvalue weighted by Gasteiger charge is 2.04. The van der Waals surface area contributed by atoms with Crippen molar-refractivity contribution in [1.29, 1.82) is 0 Å². The van der Waals surface area contributed by atoms with Gasteiger partial charge >= 0.3 is 0 Å². The van der Waals surface area contributed by atoms with Crippen LogP contribution in [0.1, 0.15) is 61.0 Å². The Morgan fingerprint density at radius 2 is 1.42 bits per heavy atom. The Labute approximate surface area is 186 Å². The molecule has 31 heavy (non-hydrogen) atoms. The van der Waals surface area contributed by atoms with E-state index in [1.54, 1.807) is 6.08 Å². The second-order valence-corrected chi connectivity index (χ2v) is 7.85. The highest BCUT2D eigenvalue weighted by atomic mass is 16.5. The predicted octanol–water partition coefficient (Wildman–Crippen LogP) is 7.77. The van der Waals surface area contributed by atoms with Gasteiger partial charge in [-0.1, -0.05) is 99.8 Å². The van der Waals surface area contributed by atoms with Crippen LogP contribution in [0, 0.1) is 0 Å². The third-order valence-electron chi connectivity index (χ3n) is 5.32. The molecule has 0 bridgehead atoms. The summed E-state index contributed by atoms with van der Waals surface area (Å²) in [6, 6.07) is 24.4. The summed E-state index contributed by atoms with van der Waals surface area (Å²) in [5.41, 5.74) is 5.33. The molecule has 3 rings (SSSR count). The lowest BCUT2D eigenvalue weighted by Crippen LogP contribution is -1.96. The molecule has 3 aromatic rings. The number of ketones is 1. The van der Waals surface area contributed by atoms with Crippen LogP contribution in [0.4, 0.5) is 0 Å². The summed E-state index contributed by atoms with van der Waals surface area (Å²) in [6.45, 7) is 5.13. The maximum Gasteiger partial charge on any atom is 0.185 e. The van der Waals surface area contributed by atoms with E-state index in [9.17, 15) is 4.79 Å². The minimum Gasteiger partial charge on any atom is -0.494 e. The Morgan fingerprint density at radius 3 is 2.03 bits per heavy atom. The number of carbonyl (C=O) groups excluding carboxylic acids is 1. The smallest absolute Gasteiger partial charge is 0.185 e. The Bertz CT molecular complexity index is 965. The lowest BCUT2D eigenvalue weighted by atomic mass is 10.00. The van der Waals surface area contributed by atoms with E-state index in [4.69, 9.17) is 4.74 Å². The molecule has 2 heteroatoms. The zero-order valence-corrected chi connectivity index (χ0v) is 18.6. The summed E-state index contributed by atoms with van der Waals surface area (Å²) in [7, 11) is 0. The molecule has 0 aromatic heterocycles. The number of rotatable bonds is 11. The van der Waals surface area contributed by atoms with E-state index in [1.165, 1.54) is 24.0 Å². The number of allylic oxidation sites excluding steroid dienone is 1. The summed E-state index contributed by atoms with van der Waals surface area (Å²) in [4.78, 5) is 12.5. The number of hydrogen-bond acceptors (Lipinski definition) is 2. The fourth-order valence-corrected chi connectivity index (χ4v) is 3.46. The molecule has 2 nitrogen and oxygen atoms in total. The van der Waals surface area contributed by atoms with Gasteiger partial charge in [-0.15, -0.1) is 0 Å². The number of aryl methyl sites for hydroxylation is 1. The first-order chi connectivity index (χ1) is 15.2. The Balaban J connectivity index is 1.57. The second-order valence-electron chi connectivity index (χ2n) is 7.85. The van der Waals surface area contributed by atoms with Crippen molar-refractivity contribution in [3.63, 3.8) is 0 Å². The molecule has 0 fully saturated rings. The van der Waals surface area contributed by atoms with Crippen LogP contribution in [0.25, 0.3) is 17.2 Å². The van der Waals surface area contributed by atoms with E-state index >= 15 is 0 Å². The summed E-state index contributed by atoms with van der Waals surface area (Å²) in [5, 5.41) is 0. The van der Waals surface area contributed by atoms with Gasteiger partial charge in [0.1, 0.15) is 5.75 Å². The number of ether oxygens (including phenoxy) is 1. The molecule has 0 N–H and O–H groups in total. The van der Waals surface area contributed by atoms with Crippen molar-refractivity contribution in [1.82, 2.24) is 0 Å². The molecule has 160 valence electrons. The zero-order valence-electron chi connectivity index (χ0n) is 18.6. The quantitative estimate of drug-likeness (QED) is 0.183. The van der Waals surface area contributed by atoms with Crippen molar-refractivity contribution in [3.05, 3.63) is 95.6 Å². The molecule has 3 aromatic carbocycles. The van der Waals surface area contributed by atoms with E-state index in [0.717, 1.165) is 42.7 Å². The van der Waals surface area contributed by atoms with E-state index in [-0.39, 0.29) is 5.78 Å². The Hall–Kier alpha value is -3.13. The van der Waals surface area contributed by atoms with Crippen LogP contribution in [0.15, 0.2) is 78.9 Å². The van der Waals surface area contributed by atoms with Crippen LogP contribution in [0.5, 0.6) is 5.75 Å². The highest BCUT2D eigenvalue weighted by Crippen LogP contribution is 2.21. The first-order valence-electron chi connectivity index (χ1n) is 11.3. The zero-order chi connectivity index (χ0) is 21.9. The van der Waals surface area contributed by atoms with Gasteiger partial charge in [0.2, 0.25) is 0 Å². The molecule has 0 atom stereocenters. The van der Waals surface area contributed by atoms with Crippen molar-refractivity contribution in [3.8, 4) is 16.9 Å². The topological polar surface area (TPSA) is 26.3 Å². The van der Waals surface area contributed by atoms with Crippen LogP contribution in [-0.4, -0.2) is 12.4 Å². The van der Waals surface area contributed by atoms with Crippen LogP contribution >= 0.6 is 0 Å². The average Bonchev–Trinajstić information content (AvgIpc) is 2.82. The molecule has 0 heterocycles. The molecule has 0 aliphatic carbocycles. The van der Waals surface area contributed by atoms with Crippen molar-refractivity contribution in [2.75, 3.05) is 6.61 Å². The summed E-state index contributed by atoms with van der Waals surface area (Å²) >= 11 is 0. The lowest BCUT2D eigenvalue weighted by Gasteiger charge is -2.06. The van der Waals surface area contributed by atoms with Gasteiger partial charge in [-0.3, -0.25) is 4.79 Å². The monoisotopic (exact) mass is 412 g/mol. The van der Waals surface area contributed by atoms with Crippen LogP contribution < -0.4 is 4.74 Å². The molecule has 0 saturated heterocycles. The maximum atomic E-state index is 12.5. The molecule has 0 amide bonds. The van der Waals surface area contributed by atoms with E-state index < -0.39 is 0 Å². The minimum absolute atomic E-state index is 0.00439. The van der Waals surface area contributed by atoms with Crippen molar-refractivity contribution >= 4 is 11.9 Å². The van der Waals surface area contributed by atoms with Gasteiger partial charge in [0, 0.05) is 5.56 Å². The second kappa shape index (κ2) is 11.9. The molecule has 0 aliphatic rings.